The first-order chi connectivity index (χ1) is 14.4. The first kappa shape index (κ1) is 23.4. The minimum Gasteiger partial charge on any atom is -0.396 e. The standard InChI is InChI=1S/C22H37N3O4S/c1-4-6-7-10-24-20(28)18-22-14(3)13-15(30-22)16(19(27)23-9-5-2)17(22)21(29)25(18)11-8-12-26/h14-18,26H,4-13H2,1-3H3,(H,23,27)(H,24,28)/t14?,15-,16+,17+,18?,22?/m1/s1. The molecule has 3 fully saturated rings. The second-order valence-electron chi connectivity index (χ2n) is 8.95. The molecule has 3 rings (SSSR count). The van der Waals surface area contributed by atoms with E-state index in [-0.39, 0.29) is 41.4 Å². The number of unbranched alkanes of at least 4 members (excludes halogenated alkanes) is 2. The second kappa shape index (κ2) is 9.90. The van der Waals surface area contributed by atoms with Gasteiger partial charge in [-0.25, -0.2) is 0 Å². The van der Waals surface area contributed by atoms with Crippen molar-refractivity contribution in [1.29, 1.82) is 0 Å². The third kappa shape index (κ3) is 3.85. The molecule has 30 heavy (non-hydrogen) atoms. The number of hydrogen-bond acceptors (Lipinski definition) is 5. The number of amides is 3. The van der Waals surface area contributed by atoms with Crippen LogP contribution in [0, 0.1) is 17.8 Å². The predicted molar refractivity (Wildman–Crippen MR) is 118 cm³/mol. The van der Waals surface area contributed by atoms with Crippen molar-refractivity contribution in [3.8, 4) is 0 Å². The maximum Gasteiger partial charge on any atom is 0.244 e. The van der Waals surface area contributed by atoms with Gasteiger partial charge in [-0.05, 0) is 31.6 Å². The van der Waals surface area contributed by atoms with Crippen LogP contribution in [0.2, 0.25) is 0 Å². The highest BCUT2D eigenvalue weighted by Crippen LogP contribution is 2.68. The van der Waals surface area contributed by atoms with E-state index in [9.17, 15) is 19.5 Å². The smallest absolute Gasteiger partial charge is 0.244 e. The van der Waals surface area contributed by atoms with Crippen molar-refractivity contribution >= 4 is 29.5 Å². The zero-order valence-corrected chi connectivity index (χ0v) is 19.3. The van der Waals surface area contributed by atoms with Gasteiger partial charge in [-0.15, -0.1) is 11.8 Å². The van der Waals surface area contributed by atoms with Crippen LogP contribution in [0.1, 0.15) is 59.3 Å². The van der Waals surface area contributed by atoms with Crippen molar-refractivity contribution in [2.45, 2.75) is 75.3 Å². The fraction of sp³-hybridized carbons (Fsp3) is 0.864. The number of carbonyl (C=O) groups excluding carboxylic acids is 3. The number of nitrogens with zero attached hydrogens (tertiary/aromatic N) is 1. The van der Waals surface area contributed by atoms with Crippen molar-refractivity contribution in [1.82, 2.24) is 15.5 Å². The lowest BCUT2D eigenvalue weighted by molar-refractivity contribution is -0.140. The molecule has 3 saturated heterocycles. The third-order valence-electron chi connectivity index (χ3n) is 6.98. The highest BCUT2D eigenvalue weighted by molar-refractivity contribution is 8.02. The van der Waals surface area contributed by atoms with Crippen LogP contribution in [0.5, 0.6) is 0 Å². The van der Waals surface area contributed by atoms with Crippen molar-refractivity contribution in [2.24, 2.45) is 17.8 Å². The molecule has 0 aliphatic carbocycles. The Kier molecular flexibility index (Phi) is 7.71. The predicted octanol–water partition coefficient (Wildman–Crippen LogP) is 1.54. The van der Waals surface area contributed by atoms with E-state index < -0.39 is 16.7 Å². The molecule has 0 aromatic rings. The maximum absolute atomic E-state index is 13.6. The van der Waals surface area contributed by atoms with Crippen molar-refractivity contribution < 1.29 is 19.5 Å². The van der Waals surface area contributed by atoms with E-state index in [0.717, 1.165) is 32.1 Å². The zero-order valence-electron chi connectivity index (χ0n) is 18.5. The average Bonchev–Trinajstić information content (AvgIpc) is 3.31. The van der Waals surface area contributed by atoms with Crippen LogP contribution in [0.4, 0.5) is 0 Å². The summed E-state index contributed by atoms with van der Waals surface area (Å²) < 4.78 is -0.555. The van der Waals surface area contributed by atoms with E-state index in [0.29, 0.717) is 26.1 Å². The van der Waals surface area contributed by atoms with E-state index in [2.05, 4.69) is 24.5 Å². The molecule has 8 heteroatoms. The van der Waals surface area contributed by atoms with Crippen LogP contribution in [-0.2, 0) is 14.4 Å². The molecule has 3 aliphatic rings. The quantitative estimate of drug-likeness (QED) is 0.424. The summed E-state index contributed by atoms with van der Waals surface area (Å²) in [6.07, 6.45) is 5.19. The van der Waals surface area contributed by atoms with Gasteiger partial charge in [0, 0.05) is 31.5 Å². The summed E-state index contributed by atoms with van der Waals surface area (Å²) in [6.45, 7) is 7.79. The summed E-state index contributed by atoms with van der Waals surface area (Å²) in [5.41, 5.74) is 0. The maximum atomic E-state index is 13.6. The van der Waals surface area contributed by atoms with E-state index in [1.54, 1.807) is 16.7 Å². The monoisotopic (exact) mass is 439 g/mol. The Morgan fingerprint density at radius 2 is 1.87 bits per heavy atom. The van der Waals surface area contributed by atoms with Gasteiger partial charge in [0.2, 0.25) is 17.7 Å². The van der Waals surface area contributed by atoms with Crippen molar-refractivity contribution in [3.63, 3.8) is 0 Å². The minimum atomic E-state index is -0.572. The summed E-state index contributed by atoms with van der Waals surface area (Å²) in [6, 6.07) is -0.572. The molecular formula is C22H37N3O4S. The molecule has 1 spiro atoms. The molecule has 3 unspecified atom stereocenters. The molecule has 0 aromatic heterocycles. The number of thioether (sulfide) groups is 1. The van der Waals surface area contributed by atoms with Gasteiger partial charge in [0.1, 0.15) is 6.04 Å². The van der Waals surface area contributed by atoms with Crippen molar-refractivity contribution in [3.05, 3.63) is 0 Å². The molecule has 0 aromatic carbocycles. The van der Waals surface area contributed by atoms with Crippen LogP contribution in [0.15, 0.2) is 0 Å². The molecule has 6 atom stereocenters. The molecule has 3 N–H and O–H groups in total. The lowest BCUT2D eigenvalue weighted by Gasteiger charge is -2.38. The highest BCUT2D eigenvalue weighted by Gasteiger charge is 2.75. The number of rotatable bonds is 11. The Hall–Kier alpha value is -1.28. The van der Waals surface area contributed by atoms with Gasteiger partial charge in [-0.1, -0.05) is 33.6 Å². The first-order valence-electron chi connectivity index (χ1n) is 11.6. The van der Waals surface area contributed by atoms with Crippen LogP contribution in [0.25, 0.3) is 0 Å². The van der Waals surface area contributed by atoms with Gasteiger partial charge in [0.15, 0.2) is 0 Å². The Balaban J connectivity index is 1.89. The average molecular weight is 440 g/mol. The molecule has 0 saturated carbocycles. The van der Waals surface area contributed by atoms with Crippen LogP contribution in [-0.4, -0.2) is 70.0 Å². The summed E-state index contributed by atoms with van der Waals surface area (Å²) in [5, 5.41) is 15.5. The van der Waals surface area contributed by atoms with Gasteiger partial charge >= 0.3 is 0 Å². The lowest BCUT2D eigenvalue weighted by atomic mass is 9.66. The van der Waals surface area contributed by atoms with Crippen molar-refractivity contribution in [2.75, 3.05) is 26.2 Å². The van der Waals surface area contributed by atoms with Gasteiger partial charge in [-0.3, -0.25) is 14.4 Å². The Labute approximate surface area is 184 Å². The van der Waals surface area contributed by atoms with E-state index >= 15 is 0 Å². The summed E-state index contributed by atoms with van der Waals surface area (Å²) in [5.74, 6) is -0.891. The van der Waals surface area contributed by atoms with E-state index in [1.807, 2.05) is 6.92 Å². The SMILES string of the molecule is CCCCCNC(=O)C1N(CCCO)C(=O)[C@@H]2[C@@H](C(=O)NCCC)[C@H]3CC(C)C12S3. The molecular weight excluding hydrogens is 402 g/mol. The minimum absolute atomic E-state index is 0.0297. The lowest BCUT2D eigenvalue weighted by Crippen LogP contribution is -2.56. The topological polar surface area (TPSA) is 98.7 Å². The molecule has 3 amide bonds. The zero-order chi connectivity index (χ0) is 21.9. The molecule has 170 valence electrons. The molecule has 0 radical (unpaired) electrons. The summed E-state index contributed by atoms with van der Waals surface area (Å²) in [7, 11) is 0. The second-order valence-corrected chi connectivity index (χ2v) is 10.5. The normalized spacial score (nSPS) is 34.3. The number of aliphatic hydroxyl groups excluding tert-OH is 1. The largest absolute Gasteiger partial charge is 0.396 e. The Morgan fingerprint density at radius 1 is 1.13 bits per heavy atom. The van der Waals surface area contributed by atoms with Gasteiger partial charge < -0.3 is 20.6 Å². The number of hydrogen-bond donors (Lipinski definition) is 3. The van der Waals surface area contributed by atoms with Crippen LogP contribution < -0.4 is 10.6 Å². The number of fused-ring (bicyclic) bond motifs is 1. The molecule has 2 bridgehead atoms. The Morgan fingerprint density at radius 3 is 2.53 bits per heavy atom. The van der Waals surface area contributed by atoms with Gasteiger partial charge in [0.25, 0.3) is 0 Å². The van der Waals surface area contributed by atoms with Gasteiger partial charge in [0.05, 0.1) is 16.6 Å². The highest BCUT2D eigenvalue weighted by atomic mass is 32.2. The first-order valence-corrected chi connectivity index (χ1v) is 12.5. The van der Waals surface area contributed by atoms with Gasteiger partial charge in [-0.2, -0.15) is 0 Å². The molecule has 7 nitrogen and oxygen atoms in total. The molecule has 3 aliphatic heterocycles. The fourth-order valence-corrected chi connectivity index (χ4v) is 8.07. The number of carbonyl (C=O) groups is 3. The molecule has 3 heterocycles. The van der Waals surface area contributed by atoms with Crippen LogP contribution >= 0.6 is 11.8 Å². The number of aliphatic hydroxyl groups is 1. The fourth-order valence-electron chi connectivity index (χ4n) is 5.65. The number of likely N-dealkylation sites (tertiary alicyclic amines) is 1. The van der Waals surface area contributed by atoms with E-state index in [1.165, 1.54) is 0 Å². The Bertz CT molecular complexity index is 660. The van der Waals surface area contributed by atoms with E-state index in [4.69, 9.17) is 0 Å². The van der Waals surface area contributed by atoms with Crippen LogP contribution in [0.3, 0.4) is 0 Å². The number of nitrogens with one attached hydrogen (secondary N) is 2. The summed E-state index contributed by atoms with van der Waals surface area (Å²) >= 11 is 1.70. The summed E-state index contributed by atoms with van der Waals surface area (Å²) in [4.78, 5) is 41.6. The third-order valence-corrected chi connectivity index (χ3v) is 9.06.